The van der Waals surface area contributed by atoms with E-state index in [0.29, 0.717) is 17.7 Å². The van der Waals surface area contributed by atoms with Crippen molar-refractivity contribution in [2.75, 3.05) is 11.9 Å². The Balaban J connectivity index is 1.18. The molecule has 4 fully saturated rings. The van der Waals surface area contributed by atoms with E-state index in [-0.39, 0.29) is 11.6 Å². The summed E-state index contributed by atoms with van der Waals surface area (Å²) in [7, 11) is 0. The molecule has 1 aromatic carbocycles. The second-order valence-electron chi connectivity index (χ2n) is 9.39. The van der Waals surface area contributed by atoms with Gasteiger partial charge in [0.15, 0.2) is 0 Å². The third kappa shape index (κ3) is 3.57. The maximum absolute atomic E-state index is 12.8. The minimum Gasteiger partial charge on any atom is -0.512 e. The lowest BCUT2D eigenvalue weighted by Gasteiger charge is -2.55. The highest BCUT2D eigenvalue weighted by molar-refractivity contribution is 5.90. The van der Waals surface area contributed by atoms with Crippen molar-refractivity contribution in [2.45, 2.75) is 57.0 Å². The maximum Gasteiger partial charge on any atom is 0.338 e. The largest absolute Gasteiger partial charge is 0.512 e. The molecule has 0 atom stereocenters. The van der Waals surface area contributed by atoms with Crippen LogP contribution in [0.25, 0.3) is 0 Å². The average molecular weight is 380 g/mol. The van der Waals surface area contributed by atoms with Crippen LogP contribution >= 0.6 is 0 Å². The second-order valence-corrected chi connectivity index (χ2v) is 9.39. The molecule has 0 spiro atoms. The lowest BCUT2D eigenvalue weighted by molar-refractivity contribution is -0.131. The molecule has 4 nitrogen and oxygen atoms in total. The smallest absolute Gasteiger partial charge is 0.338 e. The van der Waals surface area contributed by atoms with Gasteiger partial charge in [-0.15, -0.1) is 0 Å². The molecular weight excluding hydrogens is 350 g/mol. The summed E-state index contributed by atoms with van der Waals surface area (Å²) in [5.41, 5.74) is 2.72. The topological polar surface area (TPSA) is 58.6 Å². The zero-order valence-corrected chi connectivity index (χ0v) is 16.3. The zero-order chi connectivity index (χ0) is 19.1. The van der Waals surface area contributed by atoms with Crippen molar-refractivity contribution in [3.05, 3.63) is 53.3 Å². The van der Waals surface area contributed by atoms with Gasteiger partial charge in [0, 0.05) is 18.7 Å². The molecule has 6 rings (SSSR count). The van der Waals surface area contributed by atoms with Gasteiger partial charge in [-0.2, -0.15) is 0 Å². The Kier molecular flexibility index (Phi) is 4.45. The fourth-order valence-electron chi connectivity index (χ4n) is 6.16. The Labute approximate surface area is 166 Å². The molecule has 0 radical (unpaired) electrons. The summed E-state index contributed by atoms with van der Waals surface area (Å²) in [4.78, 5) is 12.8. The molecule has 2 N–H and O–H groups in total. The third-order valence-electron chi connectivity index (χ3n) is 7.13. The van der Waals surface area contributed by atoms with E-state index >= 15 is 0 Å². The summed E-state index contributed by atoms with van der Waals surface area (Å²) < 4.78 is 6.14. The number of benzene rings is 1. The molecule has 0 saturated heterocycles. The lowest BCUT2D eigenvalue weighted by atomic mass is 9.54. The van der Waals surface area contributed by atoms with E-state index in [9.17, 15) is 9.90 Å². The maximum atomic E-state index is 12.8. The number of esters is 1. The third-order valence-corrected chi connectivity index (χ3v) is 7.13. The van der Waals surface area contributed by atoms with Gasteiger partial charge in [0.1, 0.15) is 5.60 Å². The van der Waals surface area contributed by atoms with Crippen LogP contribution in [0.5, 0.6) is 0 Å². The Bertz CT molecular complexity index is 785. The summed E-state index contributed by atoms with van der Waals surface area (Å²) in [5, 5.41) is 12.8. The molecular formula is C24H29NO3. The van der Waals surface area contributed by atoms with Gasteiger partial charge in [0.25, 0.3) is 0 Å². The number of allylic oxidation sites excluding steroid dienone is 2. The lowest BCUT2D eigenvalue weighted by Crippen LogP contribution is -2.52. The van der Waals surface area contributed by atoms with E-state index in [1.165, 1.54) is 24.8 Å². The predicted molar refractivity (Wildman–Crippen MR) is 109 cm³/mol. The first-order chi connectivity index (χ1) is 13.6. The summed E-state index contributed by atoms with van der Waals surface area (Å²) in [6.07, 6.45) is 12.6. The van der Waals surface area contributed by atoms with Crippen LogP contribution < -0.4 is 5.32 Å². The van der Waals surface area contributed by atoms with Gasteiger partial charge in [-0.1, -0.05) is 11.6 Å². The van der Waals surface area contributed by atoms with E-state index in [1.807, 2.05) is 30.3 Å². The van der Waals surface area contributed by atoms with E-state index in [0.717, 1.165) is 55.7 Å². The van der Waals surface area contributed by atoms with Crippen molar-refractivity contribution in [3.8, 4) is 0 Å². The first-order valence-electron chi connectivity index (χ1n) is 10.7. The summed E-state index contributed by atoms with van der Waals surface area (Å²) in [6.45, 7) is 0.751. The van der Waals surface area contributed by atoms with Gasteiger partial charge in [0.05, 0.1) is 11.3 Å². The number of hydrogen-bond acceptors (Lipinski definition) is 4. The number of aliphatic hydroxyl groups excluding tert-OH is 1. The summed E-state index contributed by atoms with van der Waals surface area (Å²) in [6, 6.07) is 7.64. The molecule has 1 aromatic rings. The molecule has 148 valence electrons. The Morgan fingerprint density at radius 2 is 1.64 bits per heavy atom. The van der Waals surface area contributed by atoms with Gasteiger partial charge in [-0.3, -0.25) is 0 Å². The predicted octanol–water partition coefficient (Wildman–Crippen LogP) is 5.39. The van der Waals surface area contributed by atoms with E-state index in [4.69, 9.17) is 4.74 Å². The van der Waals surface area contributed by atoms with Gasteiger partial charge in [0.2, 0.25) is 0 Å². The van der Waals surface area contributed by atoms with E-state index < -0.39 is 0 Å². The highest BCUT2D eigenvalue weighted by Gasteiger charge is 2.53. The van der Waals surface area contributed by atoms with Crippen molar-refractivity contribution in [3.63, 3.8) is 0 Å². The average Bonchev–Trinajstić information content (AvgIpc) is 2.66. The van der Waals surface area contributed by atoms with Gasteiger partial charge in [-0.05, 0) is 93.0 Å². The van der Waals surface area contributed by atoms with Crippen LogP contribution in [0, 0.1) is 17.8 Å². The molecule has 0 aliphatic heterocycles. The fraction of sp³-hybridized carbons (Fsp3) is 0.542. The van der Waals surface area contributed by atoms with Crippen molar-refractivity contribution in [2.24, 2.45) is 17.8 Å². The molecule has 4 bridgehead atoms. The number of carbonyl (C=O) groups excluding carboxylic acids is 1. The standard InChI is InChI=1S/C24H29NO3/c26-22-7-1-16(2-8-22)15-25-21-5-3-20(4-6-21)23(27)28-24-12-17-9-18(13-24)11-19(10-17)14-24/h1,3-6,8,17-19,25-26H,2,7,9-15H2. The van der Waals surface area contributed by atoms with E-state index in [2.05, 4.69) is 11.4 Å². The quantitative estimate of drug-likeness (QED) is 0.532. The molecule has 0 heterocycles. The van der Waals surface area contributed by atoms with E-state index in [1.54, 1.807) is 0 Å². The monoisotopic (exact) mass is 379 g/mol. The SMILES string of the molecule is O=C(OC12CC3CC(CC(C3)C1)C2)c1ccc(NCC2=CCC(O)=CC2)cc1. The fourth-order valence-corrected chi connectivity index (χ4v) is 6.16. The number of ether oxygens (including phenoxy) is 1. The number of carbonyl (C=O) groups is 1. The van der Waals surface area contributed by atoms with Crippen LogP contribution in [0.1, 0.15) is 61.7 Å². The van der Waals surface area contributed by atoms with Crippen LogP contribution in [0.3, 0.4) is 0 Å². The molecule has 4 saturated carbocycles. The first kappa shape index (κ1) is 17.8. The van der Waals surface area contributed by atoms with Gasteiger partial charge < -0.3 is 15.2 Å². The number of anilines is 1. The minimum absolute atomic E-state index is 0.163. The molecule has 28 heavy (non-hydrogen) atoms. The summed E-state index contributed by atoms with van der Waals surface area (Å²) in [5.74, 6) is 2.61. The normalized spacial score (nSPS) is 33.2. The van der Waals surface area contributed by atoms with Crippen LogP contribution in [-0.4, -0.2) is 23.2 Å². The van der Waals surface area contributed by atoms with Crippen LogP contribution in [0.15, 0.2) is 47.7 Å². The first-order valence-corrected chi connectivity index (χ1v) is 10.7. The zero-order valence-electron chi connectivity index (χ0n) is 16.3. The number of hydrogen-bond donors (Lipinski definition) is 2. The van der Waals surface area contributed by atoms with Gasteiger partial charge in [-0.25, -0.2) is 4.79 Å². The molecule has 0 aromatic heterocycles. The number of aliphatic hydroxyl groups is 1. The molecule has 4 heteroatoms. The van der Waals surface area contributed by atoms with Crippen LogP contribution in [0.2, 0.25) is 0 Å². The molecule has 0 amide bonds. The highest BCUT2D eigenvalue weighted by Crippen LogP contribution is 2.57. The molecule has 0 unspecified atom stereocenters. The van der Waals surface area contributed by atoms with Crippen molar-refractivity contribution in [1.82, 2.24) is 0 Å². The Morgan fingerprint density at radius 1 is 1.00 bits per heavy atom. The minimum atomic E-state index is -0.185. The Morgan fingerprint density at radius 3 is 2.21 bits per heavy atom. The summed E-state index contributed by atoms with van der Waals surface area (Å²) >= 11 is 0. The highest BCUT2D eigenvalue weighted by atomic mass is 16.6. The molecule has 5 aliphatic carbocycles. The van der Waals surface area contributed by atoms with Crippen LogP contribution in [-0.2, 0) is 4.74 Å². The van der Waals surface area contributed by atoms with Crippen molar-refractivity contribution in [1.29, 1.82) is 0 Å². The Hall–Kier alpha value is -2.23. The van der Waals surface area contributed by atoms with Crippen LogP contribution in [0.4, 0.5) is 5.69 Å². The van der Waals surface area contributed by atoms with Crippen molar-refractivity contribution < 1.29 is 14.6 Å². The van der Waals surface area contributed by atoms with Crippen molar-refractivity contribution >= 4 is 11.7 Å². The van der Waals surface area contributed by atoms with Gasteiger partial charge >= 0.3 is 5.97 Å². The number of nitrogens with one attached hydrogen (secondary N) is 1. The second kappa shape index (κ2) is 6.98. The molecule has 5 aliphatic rings. The number of rotatable bonds is 5.